The molecule has 19 heavy (non-hydrogen) atoms. The van der Waals surface area contributed by atoms with Crippen molar-refractivity contribution in [2.24, 2.45) is 0 Å². The van der Waals surface area contributed by atoms with E-state index in [0.717, 1.165) is 11.2 Å². The van der Waals surface area contributed by atoms with Gasteiger partial charge in [-0.1, -0.05) is 36.4 Å². The van der Waals surface area contributed by atoms with Crippen LogP contribution in [0.3, 0.4) is 0 Å². The lowest BCUT2D eigenvalue weighted by atomic mass is 10.2. The minimum atomic E-state index is 0.962. The van der Waals surface area contributed by atoms with Crippen molar-refractivity contribution in [3.8, 4) is 0 Å². The van der Waals surface area contributed by atoms with Crippen molar-refractivity contribution in [3.05, 3.63) is 67.5 Å². The third-order valence-electron chi connectivity index (χ3n) is 2.68. The van der Waals surface area contributed by atoms with Crippen molar-refractivity contribution in [2.45, 2.75) is 0 Å². The highest BCUT2D eigenvalue weighted by atomic mass is 16.3. The van der Waals surface area contributed by atoms with E-state index in [0.29, 0.717) is 0 Å². The minimum absolute atomic E-state index is 0.962. The Bertz CT molecular complexity index is 704. The van der Waals surface area contributed by atoms with E-state index in [-0.39, 0.29) is 0 Å². The molecule has 0 saturated carbocycles. The number of rotatable bonds is 0. The summed E-state index contributed by atoms with van der Waals surface area (Å²) in [5.74, 6) is 0. The van der Waals surface area contributed by atoms with Gasteiger partial charge in [0.25, 0.3) is 0 Å². The highest BCUT2D eigenvalue weighted by molar-refractivity contribution is 6.04. The van der Waals surface area contributed by atoms with Crippen LogP contribution in [0.5, 0.6) is 0 Å². The maximum Gasteiger partial charge on any atom is 0.135 e. The number of hydrogen-bond donors (Lipinski definition) is 0. The Morgan fingerprint density at radius 1 is 0.579 bits per heavy atom. The Morgan fingerprint density at radius 2 is 1.00 bits per heavy atom. The maximum absolute atomic E-state index is 5.65. The second-order valence-corrected chi connectivity index (χ2v) is 3.89. The highest BCUT2D eigenvalue weighted by Crippen LogP contribution is 2.27. The summed E-state index contributed by atoms with van der Waals surface area (Å²) < 4.78 is 5.65. The predicted octanol–water partition coefficient (Wildman–Crippen LogP) is 3.46. The molecular formula is C15H11N3O. The van der Waals surface area contributed by atoms with E-state index < -0.39 is 0 Å². The number of aromatic nitrogens is 3. The number of fused-ring (bicyclic) bond motifs is 3. The molecule has 2 aromatic carbocycles. The van der Waals surface area contributed by atoms with Gasteiger partial charge in [0.1, 0.15) is 30.1 Å². The van der Waals surface area contributed by atoms with Crippen LogP contribution in [0.15, 0.2) is 71.9 Å². The Hall–Kier alpha value is -2.75. The SMILES string of the molecule is c1ccc2c(c1)oc1ccccc12.c1ncncn1. The van der Waals surface area contributed by atoms with E-state index in [1.165, 1.54) is 29.8 Å². The summed E-state index contributed by atoms with van der Waals surface area (Å²) in [6.07, 6.45) is 4.31. The molecule has 0 atom stereocenters. The van der Waals surface area contributed by atoms with Gasteiger partial charge in [0.2, 0.25) is 0 Å². The molecular weight excluding hydrogens is 238 g/mol. The summed E-state index contributed by atoms with van der Waals surface area (Å²) in [5, 5.41) is 2.39. The first kappa shape index (κ1) is 11.3. The first-order valence-electron chi connectivity index (χ1n) is 5.86. The van der Waals surface area contributed by atoms with E-state index in [1.807, 2.05) is 36.4 Å². The van der Waals surface area contributed by atoms with Gasteiger partial charge in [-0.2, -0.15) is 0 Å². The van der Waals surface area contributed by atoms with Crippen LogP contribution in [0.4, 0.5) is 0 Å². The van der Waals surface area contributed by atoms with Crippen molar-refractivity contribution in [1.29, 1.82) is 0 Å². The summed E-state index contributed by atoms with van der Waals surface area (Å²) in [6, 6.07) is 16.2. The Kier molecular flexibility index (Phi) is 3.14. The monoisotopic (exact) mass is 249 g/mol. The van der Waals surface area contributed by atoms with Gasteiger partial charge in [-0.15, -0.1) is 0 Å². The van der Waals surface area contributed by atoms with Gasteiger partial charge < -0.3 is 4.42 Å². The fraction of sp³-hybridized carbons (Fsp3) is 0. The molecule has 4 nitrogen and oxygen atoms in total. The van der Waals surface area contributed by atoms with Crippen LogP contribution >= 0.6 is 0 Å². The third-order valence-corrected chi connectivity index (χ3v) is 2.68. The van der Waals surface area contributed by atoms with Crippen LogP contribution in [0.2, 0.25) is 0 Å². The molecule has 2 aromatic heterocycles. The molecule has 2 heterocycles. The van der Waals surface area contributed by atoms with E-state index >= 15 is 0 Å². The third kappa shape index (κ3) is 2.42. The summed E-state index contributed by atoms with van der Waals surface area (Å²) in [4.78, 5) is 10.7. The summed E-state index contributed by atoms with van der Waals surface area (Å²) in [5.41, 5.74) is 1.92. The number of hydrogen-bond acceptors (Lipinski definition) is 4. The Labute approximate surface area is 109 Å². The van der Waals surface area contributed by atoms with Gasteiger partial charge >= 0.3 is 0 Å². The lowest BCUT2D eigenvalue weighted by Crippen LogP contribution is -1.73. The molecule has 0 fully saturated rings. The second kappa shape index (κ2) is 5.27. The largest absolute Gasteiger partial charge is 0.456 e. The molecule has 0 radical (unpaired) electrons. The molecule has 0 aliphatic carbocycles. The van der Waals surface area contributed by atoms with Gasteiger partial charge in [-0.25, -0.2) is 15.0 Å². The normalized spacial score (nSPS) is 10.1. The van der Waals surface area contributed by atoms with Gasteiger partial charge in [-0.05, 0) is 12.1 Å². The molecule has 0 saturated heterocycles. The average molecular weight is 249 g/mol. The predicted molar refractivity (Wildman–Crippen MR) is 73.5 cm³/mol. The summed E-state index contributed by atoms with van der Waals surface area (Å²) >= 11 is 0. The standard InChI is InChI=1S/C12H8O.C3H3N3/c1-3-7-11-9(5-1)10-6-2-4-8-12(10)13-11;1-4-2-6-3-5-1/h1-8H;1-3H. The molecule has 4 heteroatoms. The number of furan rings is 1. The van der Waals surface area contributed by atoms with E-state index in [4.69, 9.17) is 4.42 Å². The van der Waals surface area contributed by atoms with Gasteiger partial charge in [0, 0.05) is 10.8 Å². The van der Waals surface area contributed by atoms with Gasteiger partial charge in [0.05, 0.1) is 0 Å². The number of nitrogens with zero attached hydrogens (tertiary/aromatic N) is 3. The van der Waals surface area contributed by atoms with E-state index in [9.17, 15) is 0 Å². The fourth-order valence-electron chi connectivity index (χ4n) is 1.88. The molecule has 0 aliphatic heterocycles. The maximum atomic E-state index is 5.65. The second-order valence-electron chi connectivity index (χ2n) is 3.89. The smallest absolute Gasteiger partial charge is 0.135 e. The fourth-order valence-corrected chi connectivity index (χ4v) is 1.88. The number of benzene rings is 2. The van der Waals surface area contributed by atoms with Crippen LogP contribution in [-0.2, 0) is 0 Å². The molecule has 92 valence electrons. The van der Waals surface area contributed by atoms with Crippen molar-refractivity contribution in [2.75, 3.05) is 0 Å². The van der Waals surface area contributed by atoms with Crippen molar-refractivity contribution in [1.82, 2.24) is 15.0 Å². The molecule has 0 N–H and O–H groups in total. The minimum Gasteiger partial charge on any atom is -0.456 e. The van der Waals surface area contributed by atoms with Crippen molar-refractivity contribution in [3.63, 3.8) is 0 Å². The average Bonchev–Trinajstić information content (AvgIpc) is 2.88. The van der Waals surface area contributed by atoms with Gasteiger partial charge in [-0.3, -0.25) is 0 Å². The van der Waals surface area contributed by atoms with Crippen LogP contribution in [0.1, 0.15) is 0 Å². The zero-order valence-electron chi connectivity index (χ0n) is 10.1. The first-order valence-corrected chi connectivity index (χ1v) is 5.86. The van der Waals surface area contributed by atoms with E-state index in [1.54, 1.807) is 0 Å². The highest BCUT2D eigenvalue weighted by Gasteiger charge is 2.03. The molecule has 0 spiro atoms. The Balaban J connectivity index is 0.000000155. The van der Waals surface area contributed by atoms with E-state index in [2.05, 4.69) is 27.1 Å². The molecule has 4 aromatic rings. The molecule has 4 rings (SSSR count). The first-order chi connectivity index (χ1) is 9.45. The lowest BCUT2D eigenvalue weighted by molar-refractivity contribution is 0.669. The topological polar surface area (TPSA) is 51.8 Å². The zero-order valence-corrected chi connectivity index (χ0v) is 10.1. The summed E-state index contributed by atoms with van der Waals surface area (Å²) in [6.45, 7) is 0. The molecule has 0 bridgehead atoms. The lowest BCUT2D eigenvalue weighted by Gasteiger charge is -1.85. The zero-order chi connectivity index (χ0) is 12.9. The van der Waals surface area contributed by atoms with Crippen LogP contribution in [0, 0.1) is 0 Å². The quantitative estimate of drug-likeness (QED) is 0.479. The molecule has 0 aliphatic rings. The van der Waals surface area contributed by atoms with Crippen molar-refractivity contribution >= 4 is 21.9 Å². The summed E-state index contributed by atoms with van der Waals surface area (Å²) in [7, 11) is 0. The molecule has 0 unspecified atom stereocenters. The molecule has 0 amide bonds. The van der Waals surface area contributed by atoms with Crippen LogP contribution in [-0.4, -0.2) is 15.0 Å². The number of para-hydroxylation sites is 2. The Morgan fingerprint density at radius 3 is 1.42 bits per heavy atom. The van der Waals surface area contributed by atoms with Gasteiger partial charge in [0.15, 0.2) is 0 Å². The van der Waals surface area contributed by atoms with Crippen LogP contribution < -0.4 is 0 Å². The van der Waals surface area contributed by atoms with Crippen LogP contribution in [0.25, 0.3) is 21.9 Å². The van der Waals surface area contributed by atoms with Crippen molar-refractivity contribution < 1.29 is 4.42 Å².